The Morgan fingerprint density at radius 1 is 1.33 bits per heavy atom. The fourth-order valence-electron chi connectivity index (χ4n) is 1.90. The molecule has 0 fully saturated rings. The molecular formula is C15H24BrClN2O2. The highest BCUT2D eigenvalue weighted by molar-refractivity contribution is 9.10. The van der Waals surface area contributed by atoms with Gasteiger partial charge < -0.3 is 15.8 Å². The molecule has 0 aliphatic carbocycles. The van der Waals surface area contributed by atoms with E-state index < -0.39 is 6.10 Å². The van der Waals surface area contributed by atoms with Gasteiger partial charge in [-0.2, -0.15) is 0 Å². The Morgan fingerprint density at radius 2 is 1.86 bits per heavy atom. The maximum absolute atomic E-state index is 12.2. The average molecular weight is 380 g/mol. The fraction of sp³-hybridized carbons (Fsp3) is 0.533. The van der Waals surface area contributed by atoms with Crippen LogP contribution in [0.2, 0.25) is 0 Å². The molecule has 1 rings (SSSR count). The van der Waals surface area contributed by atoms with E-state index in [1.807, 2.05) is 38.1 Å². The molecule has 0 heterocycles. The van der Waals surface area contributed by atoms with E-state index in [1.165, 1.54) is 0 Å². The lowest BCUT2D eigenvalue weighted by Crippen LogP contribution is -2.55. The molecule has 1 unspecified atom stereocenters. The zero-order chi connectivity index (χ0) is 15.2. The first-order chi connectivity index (χ1) is 9.46. The highest BCUT2D eigenvalue weighted by Gasteiger charge is 2.28. The molecule has 0 bridgehead atoms. The maximum Gasteiger partial charge on any atom is 0.261 e. The number of ether oxygens (including phenoxy) is 1. The van der Waals surface area contributed by atoms with E-state index in [4.69, 9.17) is 10.5 Å². The number of nitrogens with two attached hydrogens (primary N) is 1. The van der Waals surface area contributed by atoms with Crippen LogP contribution in [0, 0.1) is 0 Å². The van der Waals surface area contributed by atoms with Gasteiger partial charge in [0.05, 0.1) is 5.54 Å². The van der Waals surface area contributed by atoms with Crippen molar-refractivity contribution in [3.63, 3.8) is 0 Å². The normalized spacial score (nSPS) is 12.2. The Hall–Kier alpha value is -0.780. The Kier molecular flexibility index (Phi) is 8.94. The van der Waals surface area contributed by atoms with Gasteiger partial charge in [0.25, 0.3) is 5.91 Å². The molecule has 1 amide bonds. The molecule has 0 aromatic heterocycles. The molecule has 0 aliphatic rings. The molecular weight excluding hydrogens is 356 g/mol. The molecule has 0 spiro atoms. The summed E-state index contributed by atoms with van der Waals surface area (Å²) in [6.07, 6.45) is 1.05. The smallest absolute Gasteiger partial charge is 0.261 e. The van der Waals surface area contributed by atoms with E-state index in [1.54, 1.807) is 6.92 Å². The molecule has 21 heavy (non-hydrogen) atoms. The SMILES string of the molecule is CCC(CC)(CN)NC(=O)C(C)Oc1ccc(Br)cc1.Cl. The molecule has 0 saturated carbocycles. The zero-order valence-electron chi connectivity index (χ0n) is 12.7. The summed E-state index contributed by atoms with van der Waals surface area (Å²) in [5, 5.41) is 3.01. The first-order valence-electron chi connectivity index (χ1n) is 6.90. The molecule has 0 saturated heterocycles. The summed E-state index contributed by atoms with van der Waals surface area (Å²) in [5.41, 5.74) is 5.45. The topological polar surface area (TPSA) is 64.3 Å². The van der Waals surface area contributed by atoms with Crippen LogP contribution in [0.3, 0.4) is 0 Å². The molecule has 0 radical (unpaired) electrons. The van der Waals surface area contributed by atoms with Crippen LogP contribution in [0.5, 0.6) is 5.75 Å². The Bertz CT molecular complexity index is 428. The minimum absolute atomic E-state index is 0. The summed E-state index contributed by atoms with van der Waals surface area (Å²) in [6.45, 7) is 6.22. The van der Waals surface area contributed by atoms with Crippen LogP contribution in [0.15, 0.2) is 28.7 Å². The number of nitrogens with one attached hydrogen (secondary N) is 1. The van der Waals surface area contributed by atoms with Gasteiger partial charge >= 0.3 is 0 Å². The van der Waals surface area contributed by atoms with Crippen molar-refractivity contribution in [2.75, 3.05) is 6.54 Å². The van der Waals surface area contributed by atoms with Crippen molar-refractivity contribution in [1.29, 1.82) is 0 Å². The number of hydrogen-bond acceptors (Lipinski definition) is 3. The Labute approximate surface area is 141 Å². The van der Waals surface area contributed by atoms with E-state index >= 15 is 0 Å². The Morgan fingerprint density at radius 3 is 2.29 bits per heavy atom. The van der Waals surface area contributed by atoms with Crippen molar-refractivity contribution in [2.24, 2.45) is 5.73 Å². The molecule has 4 nitrogen and oxygen atoms in total. The lowest BCUT2D eigenvalue weighted by Gasteiger charge is -2.32. The summed E-state index contributed by atoms with van der Waals surface area (Å²) in [5.74, 6) is 0.532. The summed E-state index contributed by atoms with van der Waals surface area (Å²) in [4.78, 5) is 12.2. The highest BCUT2D eigenvalue weighted by atomic mass is 79.9. The number of carbonyl (C=O) groups excluding carboxylic acids is 1. The van der Waals surface area contributed by atoms with Crippen molar-refractivity contribution in [3.8, 4) is 5.75 Å². The Balaban J connectivity index is 0.00000400. The summed E-state index contributed by atoms with van der Waals surface area (Å²) < 4.78 is 6.61. The second-order valence-corrected chi connectivity index (χ2v) is 5.81. The van der Waals surface area contributed by atoms with Gasteiger partial charge in [0.2, 0.25) is 0 Å². The molecule has 120 valence electrons. The van der Waals surface area contributed by atoms with Crippen molar-refractivity contribution in [1.82, 2.24) is 5.32 Å². The number of carbonyl (C=O) groups is 1. The summed E-state index contributed by atoms with van der Waals surface area (Å²) in [6, 6.07) is 7.40. The minimum atomic E-state index is -0.555. The number of halogens is 2. The van der Waals surface area contributed by atoms with Crippen molar-refractivity contribution < 1.29 is 9.53 Å². The van der Waals surface area contributed by atoms with E-state index in [-0.39, 0.29) is 23.9 Å². The average Bonchev–Trinajstić information content (AvgIpc) is 2.47. The minimum Gasteiger partial charge on any atom is -0.481 e. The van der Waals surface area contributed by atoms with E-state index in [0.29, 0.717) is 12.3 Å². The maximum atomic E-state index is 12.2. The van der Waals surface area contributed by atoms with Gasteiger partial charge in [-0.1, -0.05) is 29.8 Å². The van der Waals surface area contributed by atoms with Gasteiger partial charge in [-0.3, -0.25) is 4.79 Å². The van der Waals surface area contributed by atoms with Crippen LogP contribution in [-0.4, -0.2) is 24.1 Å². The van der Waals surface area contributed by atoms with Gasteiger partial charge in [-0.05, 0) is 44.0 Å². The number of hydrogen-bond donors (Lipinski definition) is 2. The highest BCUT2D eigenvalue weighted by Crippen LogP contribution is 2.18. The van der Waals surface area contributed by atoms with E-state index in [2.05, 4.69) is 21.2 Å². The van der Waals surface area contributed by atoms with Crippen molar-refractivity contribution >= 4 is 34.2 Å². The van der Waals surface area contributed by atoms with Gasteiger partial charge in [0.15, 0.2) is 6.10 Å². The van der Waals surface area contributed by atoms with Crippen LogP contribution >= 0.6 is 28.3 Å². The zero-order valence-corrected chi connectivity index (χ0v) is 15.1. The monoisotopic (exact) mass is 378 g/mol. The summed E-state index contributed by atoms with van der Waals surface area (Å²) in [7, 11) is 0. The predicted octanol–water partition coefficient (Wildman–Crippen LogP) is 3.27. The van der Waals surface area contributed by atoms with Crippen molar-refractivity contribution in [3.05, 3.63) is 28.7 Å². The van der Waals surface area contributed by atoms with E-state index in [9.17, 15) is 4.79 Å². The number of amides is 1. The van der Waals surface area contributed by atoms with Gasteiger partial charge in [0, 0.05) is 11.0 Å². The third-order valence-corrected chi connectivity index (χ3v) is 4.16. The van der Waals surface area contributed by atoms with Gasteiger partial charge in [-0.25, -0.2) is 0 Å². The molecule has 1 aromatic rings. The quantitative estimate of drug-likeness (QED) is 0.764. The molecule has 6 heteroatoms. The molecule has 3 N–H and O–H groups in total. The molecule has 1 atom stereocenters. The first kappa shape index (κ1) is 20.2. The predicted molar refractivity (Wildman–Crippen MR) is 92.0 cm³/mol. The lowest BCUT2D eigenvalue weighted by molar-refractivity contribution is -0.129. The fourth-order valence-corrected chi connectivity index (χ4v) is 2.16. The van der Waals surface area contributed by atoms with Crippen LogP contribution in [0.4, 0.5) is 0 Å². The lowest BCUT2D eigenvalue weighted by atomic mass is 9.92. The van der Waals surface area contributed by atoms with Gasteiger partial charge in [0.1, 0.15) is 5.75 Å². The van der Waals surface area contributed by atoms with Crippen LogP contribution in [0.1, 0.15) is 33.6 Å². The third-order valence-electron chi connectivity index (χ3n) is 3.63. The van der Waals surface area contributed by atoms with Crippen LogP contribution < -0.4 is 15.8 Å². The van der Waals surface area contributed by atoms with E-state index in [0.717, 1.165) is 17.3 Å². The standard InChI is InChI=1S/C15H23BrN2O2.ClH/c1-4-15(5-2,10-17)18-14(19)11(3)20-13-8-6-12(16)7-9-13;/h6-9,11H,4-5,10,17H2,1-3H3,(H,18,19);1H. The van der Waals surface area contributed by atoms with Crippen LogP contribution in [-0.2, 0) is 4.79 Å². The number of benzene rings is 1. The first-order valence-corrected chi connectivity index (χ1v) is 7.70. The molecule has 0 aliphatic heterocycles. The number of rotatable bonds is 7. The molecule has 1 aromatic carbocycles. The largest absolute Gasteiger partial charge is 0.481 e. The van der Waals surface area contributed by atoms with Gasteiger partial charge in [-0.15, -0.1) is 12.4 Å². The summed E-state index contributed by atoms with van der Waals surface area (Å²) >= 11 is 3.36. The second-order valence-electron chi connectivity index (χ2n) is 4.89. The van der Waals surface area contributed by atoms with Crippen molar-refractivity contribution in [2.45, 2.75) is 45.3 Å². The third kappa shape index (κ3) is 5.85. The second kappa shape index (κ2) is 9.28. The van der Waals surface area contributed by atoms with Crippen LogP contribution in [0.25, 0.3) is 0 Å².